The van der Waals surface area contributed by atoms with Crippen molar-refractivity contribution in [2.45, 2.75) is 66.7 Å². The molecule has 0 radical (unpaired) electrons. The van der Waals surface area contributed by atoms with Gasteiger partial charge in [0.25, 0.3) is 0 Å². The van der Waals surface area contributed by atoms with Crippen LogP contribution in [0, 0.1) is 18.3 Å². The van der Waals surface area contributed by atoms with Crippen LogP contribution in [-0.4, -0.2) is 0 Å². The molecule has 6 rings (SSSR count). The first-order valence-electron chi connectivity index (χ1n) is 16.4. The lowest BCUT2D eigenvalue weighted by Gasteiger charge is -2.28. The lowest BCUT2D eigenvalue weighted by molar-refractivity contribution is 0.424. The molecule has 1 unspecified atom stereocenters. The molecule has 4 aromatic rings. The topological polar surface area (TPSA) is 13.1 Å². The van der Waals surface area contributed by atoms with Gasteiger partial charge in [-0.1, -0.05) is 138 Å². The Balaban J connectivity index is 1.32. The van der Waals surface area contributed by atoms with E-state index in [1.54, 1.807) is 0 Å². The van der Waals surface area contributed by atoms with Crippen molar-refractivity contribution < 1.29 is 4.42 Å². The minimum absolute atomic E-state index is 0.0277. The van der Waals surface area contributed by atoms with Gasteiger partial charge in [-0.2, -0.15) is 0 Å². The van der Waals surface area contributed by atoms with Crippen molar-refractivity contribution in [3.05, 3.63) is 149 Å². The van der Waals surface area contributed by atoms with Crippen LogP contribution in [-0.2, 0) is 5.41 Å². The first-order chi connectivity index (χ1) is 21.5. The normalized spacial score (nSPS) is 21.9. The molecule has 1 nitrogen and oxygen atoms in total. The van der Waals surface area contributed by atoms with E-state index in [1.807, 2.05) is 19.9 Å². The fraction of sp³-hybridized carbons (Fsp3) is 0.273. The van der Waals surface area contributed by atoms with Gasteiger partial charge in [0.2, 0.25) is 0 Å². The van der Waals surface area contributed by atoms with E-state index < -0.39 is 0 Å². The second kappa shape index (κ2) is 11.9. The van der Waals surface area contributed by atoms with E-state index in [0.29, 0.717) is 5.92 Å². The molecule has 228 valence electrons. The summed E-state index contributed by atoms with van der Waals surface area (Å²) < 4.78 is 6.13. The summed E-state index contributed by atoms with van der Waals surface area (Å²) >= 11 is 0. The van der Waals surface area contributed by atoms with E-state index in [1.165, 1.54) is 39.0 Å². The van der Waals surface area contributed by atoms with Gasteiger partial charge >= 0.3 is 0 Å². The van der Waals surface area contributed by atoms with Crippen molar-refractivity contribution in [1.29, 1.82) is 0 Å². The smallest absolute Gasteiger partial charge is 0.135 e. The van der Waals surface area contributed by atoms with Crippen molar-refractivity contribution in [2.75, 3.05) is 0 Å². The molecule has 1 heterocycles. The van der Waals surface area contributed by atoms with Crippen molar-refractivity contribution in [3.63, 3.8) is 0 Å². The first-order valence-corrected chi connectivity index (χ1v) is 16.4. The van der Waals surface area contributed by atoms with Crippen LogP contribution >= 0.6 is 0 Å². The fourth-order valence-corrected chi connectivity index (χ4v) is 7.31. The molecule has 1 aromatic heterocycles. The van der Waals surface area contributed by atoms with Gasteiger partial charge in [0.15, 0.2) is 0 Å². The van der Waals surface area contributed by atoms with E-state index in [4.69, 9.17) is 4.42 Å². The van der Waals surface area contributed by atoms with Gasteiger partial charge in [-0.15, -0.1) is 0 Å². The highest BCUT2D eigenvalue weighted by molar-refractivity contribution is 5.92. The van der Waals surface area contributed by atoms with Gasteiger partial charge in [0.05, 0.1) is 0 Å². The van der Waals surface area contributed by atoms with Crippen LogP contribution in [0.15, 0.2) is 120 Å². The van der Waals surface area contributed by atoms with E-state index in [0.717, 1.165) is 46.3 Å². The summed E-state index contributed by atoms with van der Waals surface area (Å²) in [5.41, 5.74) is 14.0. The summed E-state index contributed by atoms with van der Waals surface area (Å²) in [6.07, 6.45) is 19.9. The molecule has 3 aromatic carbocycles. The number of allylic oxidation sites excluding steroid dienone is 10. The molecule has 45 heavy (non-hydrogen) atoms. The fourth-order valence-electron chi connectivity index (χ4n) is 7.31. The Kier molecular flexibility index (Phi) is 8.08. The van der Waals surface area contributed by atoms with Crippen LogP contribution in [0.2, 0.25) is 0 Å². The van der Waals surface area contributed by atoms with Crippen LogP contribution < -0.4 is 0 Å². The highest BCUT2D eigenvalue weighted by Crippen LogP contribution is 2.49. The predicted molar refractivity (Wildman–Crippen MR) is 195 cm³/mol. The van der Waals surface area contributed by atoms with E-state index in [-0.39, 0.29) is 10.8 Å². The molecule has 0 saturated carbocycles. The average molecular weight is 591 g/mol. The number of rotatable bonds is 5. The Hall–Kier alpha value is -4.36. The van der Waals surface area contributed by atoms with Crippen molar-refractivity contribution in [1.82, 2.24) is 0 Å². The third kappa shape index (κ3) is 5.66. The van der Waals surface area contributed by atoms with Crippen LogP contribution in [0.3, 0.4) is 0 Å². The molecule has 0 amide bonds. The first kappa shape index (κ1) is 30.7. The molecule has 0 fully saturated rings. The molecule has 1 heteroatoms. The van der Waals surface area contributed by atoms with Gasteiger partial charge in [-0.3, -0.25) is 0 Å². The molecule has 1 atom stereocenters. The minimum Gasteiger partial charge on any atom is -0.461 e. The van der Waals surface area contributed by atoms with Gasteiger partial charge in [0, 0.05) is 16.4 Å². The Labute approximate surface area is 270 Å². The zero-order chi connectivity index (χ0) is 31.9. The van der Waals surface area contributed by atoms with Crippen LogP contribution in [0.4, 0.5) is 0 Å². The monoisotopic (exact) mass is 590 g/mol. The summed E-state index contributed by atoms with van der Waals surface area (Å²) in [6, 6.07) is 22.5. The summed E-state index contributed by atoms with van der Waals surface area (Å²) in [5, 5.41) is 1.15. The number of hydrogen-bond donors (Lipinski definition) is 0. The number of furan rings is 1. The largest absolute Gasteiger partial charge is 0.461 e. The van der Waals surface area contributed by atoms with Crippen molar-refractivity contribution in [2.24, 2.45) is 11.3 Å². The van der Waals surface area contributed by atoms with Crippen LogP contribution in [0.25, 0.3) is 39.3 Å². The highest BCUT2D eigenvalue weighted by atomic mass is 16.3. The summed E-state index contributed by atoms with van der Waals surface area (Å²) in [7, 11) is 0. The molecule has 0 saturated heterocycles. The van der Waals surface area contributed by atoms with Crippen molar-refractivity contribution in [3.8, 4) is 11.1 Å². The maximum absolute atomic E-state index is 6.13. The van der Waals surface area contributed by atoms with Gasteiger partial charge < -0.3 is 4.42 Å². The zero-order valence-corrected chi connectivity index (χ0v) is 28.0. The Morgan fingerprint density at radius 3 is 2.51 bits per heavy atom. The molecule has 0 aliphatic heterocycles. The number of benzene rings is 3. The van der Waals surface area contributed by atoms with Gasteiger partial charge in [0.1, 0.15) is 11.3 Å². The number of aryl methyl sites for hydroxylation is 1. The molecule has 2 aliphatic carbocycles. The molecule has 0 N–H and O–H groups in total. The Morgan fingerprint density at radius 2 is 1.73 bits per heavy atom. The van der Waals surface area contributed by atoms with Crippen LogP contribution in [0.1, 0.15) is 88.0 Å². The summed E-state index contributed by atoms with van der Waals surface area (Å²) in [4.78, 5) is 0. The highest BCUT2D eigenvalue weighted by Gasteiger charge is 2.35. The second-order valence-corrected chi connectivity index (χ2v) is 14.0. The van der Waals surface area contributed by atoms with E-state index >= 15 is 0 Å². The third-order valence-corrected chi connectivity index (χ3v) is 9.98. The number of hydrogen-bond acceptors (Lipinski definition) is 1. The molecule has 0 spiro atoms. The maximum Gasteiger partial charge on any atom is 0.135 e. The Morgan fingerprint density at radius 1 is 0.956 bits per heavy atom. The average Bonchev–Trinajstić information content (AvgIpc) is 3.46. The second-order valence-electron chi connectivity index (χ2n) is 14.0. The van der Waals surface area contributed by atoms with E-state index in [2.05, 4.69) is 144 Å². The predicted octanol–water partition coefficient (Wildman–Crippen LogP) is 12.7. The van der Waals surface area contributed by atoms with Gasteiger partial charge in [-0.05, 0) is 101 Å². The zero-order valence-electron chi connectivity index (χ0n) is 28.0. The van der Waals surface area contributed by atoms with E-state index in [9.17, 15) is 0 Å². The molecule has 0 bridgehead atoms. The SMILES string of the molecule is C=C/C(=C\C=C1/CC(C)/C=C(c2ccc3c(c2)-c2ccccc2C3(C)C)\C=C/CC1(C)C)c1ccc2c(/C=C\C)c(C)oc2c1. The van der Waals surface area contributed by atoms with Gasteiger partial charge in [-0.25, -0.2) is 0 Å². The maximum atomic E-state index is 6.13. The van der Waals surface area contributed by atoms with Crippen molar-refractivity contribution >= 4 is 28.2 Å². The summed E-state index contributed by atoms with van der Waals surface area (Å²) in [6.45, 7) is 20.0. The van der Waals surface area contributed by atoms with Crippen LogP contribution in [0.5, 0.6) is 0 Å². The molecular weight excluding hydrogens is 544 g/mol. The lowest BCUT2D eigenvalue weighted by Crippen LogP contribution is -2.15. The number of fused-ring (bicyclic) bond motifs is 4. The quantitative estimate of drug-likeness (QED) is 0.211. The molecular formula is C44H46O. The summed E-state index contributed by atoms with van der Waals surface area (Å²) in [5.74, 6) is 1.33. The molecule has 2 aliphatic rings. The minimum atomic E-state index is 0.0277. The third-order valence-electron chi connectivity index (χ3n) is 9.98. The lowest BCUT2D eigenvalue weighted by atomic mass is 9.77. The Bertz CT molecular complexity index is 1940. The standard InChI is InChI=1S/C44H46O/c1-9-14-36-30(4)45-42-28-34(19-22-38(36)42)31(10-2)18-21-35-26-29(3)25-32(15-13-24-43(35,5)6)33-20-23-41-39(27-33)37-16-11-12-17-40(37)44(41,7)8/h9-23,25,27-29H,2,24,26H2,1,3-8H3/b14-9-,15-13-,31-18+,32-25+,35-21+.